The topological polar surface area (TPSA) is 59.8 Å². The molecule has 0 spiro atoms. The van der Waals surface area contributed by atoms with Crippen molar-refractivity contribution in [1.82, 2.24) is 19.6 Å². The molecule has 1 aliphatic rings. The fourth-order valence-electron chi connectivity index (χ4n) is 3.24. The van der Waals surface area contributed by atoms with Gasteiger partial charge >= 0.3 is 6.18 Å². The molecule has 0 atom stereocenters. The zero-order valence-corrected chi connectivity index (χ0v) is 16.3. The number of carbonyl (C=O) groups is 1. The molecule has 0 aliphatic carbocycles. The van der Waals surface area contributed by atoms with Crippen LogP contribution in [-0.4, -0.2) is 65.9 Å². The number of amides is 1. The number of hydrogen-bond acceptors (Lipinski definition) is 5. The minimum Gasteiger partial charge on any atom is -0.497 e. The quantitative estimate of drug-likeness (QED) is 0.729. The van der Waals surface area contributed by atoms with E-state index in [1.54, 1.807) is 19.1 Å². The van der Waals surface area contributed by atoms with Crippen LogP contribution in [0.25, 0.3) is 0 Å². The van der Waals surface area contributed by atoms with Gasteiger partial charge in [-0.2, -0.15) is 18.3 Å². The van der Waals surface area contributed by atoms with Gasteiger partial charge in [-0.1, -0.05) is 0 Å². The minimum atomic E-state index is -4.51. The fourth-order valence-corrected chi connectivity index (χ4v) is 3.24. The van der Waals surface area contributed by atoms with Gasteiger partial charge < -0.3 is 14.4 Å². The number of aromatic nitrogens is 2. The molecule has 2 aromatic rings. The van der Waals surface area contributed by atoms with E-state index in [4.69, 9.17) is 9.47 Å². The van der Waals surface area contributed by atoms with Crippen LogP contribution in [-0.2, 0) is 24.1 Å². The van der Waals surface area contributed by atoms with Crippen molar-refractivity contribution in [1.29, 1.82) is 0 Å². The van der Waals surface area contributed by atoms with Crippen molar-refractivity contribution in [3.63, 3.8) is 0 Å². The third kappa shape index (κ3) is 5.20. The lowest BCUT2D eigenvalue weighted by molar-refractivity contribution is -0.142. The second kappa shape index (κ2) is 8.73. The molecule has 1 aromatic heterocycles. The summed E-state index contributed by atoms with van der Waals surface area (Å²) in [7, 11) is 3.22. The van der Waals surface area contributed by atoms with Crippen molar-refractivity contribution in [2.24, 2.45) is 0 Å². The molecule has 1 aromatic carbocycles. The number of ether oxygens (including phenoxy) is 2. The predicted molar refractivity (Wildman–Crippen MR) is 98.6 cm³/mol. The molecule has 1 amide bonds. The number of halogens is 3. The van der Waals surface area contributed by atoms with Gasteiger partial charge in [-0.3, -0.25) is 14.4 Å². The maximum atomic E-state index is 12.6. The Morgan fingerprint density at radius 3 is 2.41 bits per heavy atom. The molecule has 0 radical (unpaired) electrons. The normalized spacial score (nSPS) is 15.4. The van der Waals surface area contributed by atoms with Crippen molar-refractivity contribution in [3.8, 4) is 11.5 Å². The van der Waals surface area contributed by atoms with Gasteiger partial charge in [0.25, 0.3) is 0 Å². The van der Waals surface area contributed by atoms with Crippen LogP contribution in [0.1, 0.15) is 11.3 Å². The highest BCUT2D eigenvalue weighted by Crippen LogP contribution is 2.27. The van der Waals surface area contributed by atoms with E-state index < -0.39 is 11.9 Å². The predicted octanol–water partition coefficient (Wildman–Crippen LogP) is 2.26. The van der Waals surface area contributed by atoms with Crippen LogP contribution in [0, 0.1) is 0 Å². The van der Waals surface area contributed by atoms with Crippen molar-refractivity contribution in [2.45, 2.75) is 19.3 Å². The van der Waals surface area contributed by atoms with Gasteiger partial charge in [-0.25, -0.2) is 0 Å². The molecular formula is C19H23F3N4O3. The van der Waals surface area contributed by atoms with Crippen molar-refractivity contribution in [2.75, 3.05) is 40.4 Å². The van der Waals surface area contributed by atoms with Crippen molar-refractivity contribution >= 4 is 5.91 Å². The molecule has 0 N–H and O–H groups in total. The van der Waals surface area contributed by atoms with E-state index in [1.807, 2.05) is 18.2 Å². The Kier molecular flexibility index (Phi) is 6.31. The molecule has 0 unspecified atom stereocenters. The highest BCUT2D eigenvalue weighted by molar-refractivity contribution is 5.76. The van der Waals surface area contributed by atoms with Gasteiger partial charge in [0.1, 0.15) is 18.0 Å². The average molecular weight is 412 g/mol. The molecule has 0 saturated carbocycles. The summed E-state index contributed by atoms with van der Waals surface area (Å²) in [6, 6.07) is 6.48. The van der Waals surface area contributed by atoms with Gasteiger partial charge in [0, 0.05) is 44.5 Å². The van der Waals surface area contributed by atoms with E-state index in [2.05, 4.69) is 10.00 Å². The van der Waals surface area contributed by atoms with E-state index in [-0.39, 0.29) is 12.5 Å². The monoisotopic (exact) mass is 412 g/mol. The number of nitrogens with zero attached hydrogens (tertiary/aromatic N) is 4. The van der Waals surface area contributed by atoms with Gasteiger partial charge in [0.15, 0.2) is 5.69 Å². The maximum Gasteiger partial charge on any atom is 0.435 e. The minimum absolute atomic E-state index is 0.209. The standard InChI is InChI=1S/C19H23F3N4O3/c1-28-15-3-4-16(29-2)14(11-15)12-24-7-9-25(10-8-24)18(27)13-26-6-5-17(23-26)19(20,21)22/h3-6,11H,7-10,12-13H2,1-2H3. The van der Waals surface area contributed by atoms with E-state index >= 15 is 0 Å². The number of piperazine rings is 1. The first-order chi connectivity index (χ1) is 13.8. The molecule has 0 bridgehead atoms. The second-order valence-electron chi connectivity index (χ2n) is 6.73. The molecule has 3 rings (SSSR count). The Morgan fingerprint density at radius 2 is 1.83 bits per heavy atom. The first-order valence-corrected chi connectivity index (χ1v) is 9.12. The Morgan fingerprint density at radius 1 is 1.10 bits per heavy atom. The van der Waals surface area contributed by atoms with E-state index in [0.717, 1.165) is 27.8 Å². The van der Waals surface area contributed by atoms with Crippen LogP contribution in [0.5, 0.6) is 11.5 Å². The van der Waals surface area contributed by atoms with Gasteiger partial charge in [-0.05, 0) is 24.3 Å². The molecule has 1 aliphatic heterocycles. The summed E-state index contributed by atoms with van der Waals surface area (Å²) >= 11 is 0. The van der Waals surface area contributed by atoms with Crippen LogP contribution >= 0.6 is 0 Å². The molecule has 158 valence electrons. The fraction of sp³-hybridized carbons (Fsp3) is 0.474. The number of carbonyl (C=O) groups excluding carboxylic acids is 1. The van der Waals surface area contributed by atoms with Crippen LogP contribution in [0.2, 0.25) is 0 Å². The molecular weight excluding hydrogens is 389 g/mol. The van der Waals surface area contributed by atoms with Gasteiger partial charge in [0.05, 0.1) is 14.2 Å². The molecule has 7 nitrogen and oxygen atoms in total. The highest BCUT2D eigenvalue weighted by Gasteiger charge is 2.33. The summed E-state index contributed by atoms with van der Waals surface area (Å²) in [4.78, 5) is 16.2. The Balaban J connectivity index is 1.54. The number of hydrogen-bond donors (Lipinski definition) is 0. The summed E-state index contributed by atoms with van der Waals surface area (Å²) < 4.78 is 49.6. The largest absolute Gasteiger partial charge is 0.497 e. The molecule has 1 fully saturated rings. The SMILES string of the molecule is COc1ccc(OC)c(CN2CCN(C(=O)Cn3ccc(C(F)(F)F)n3)CC2)c1. The van der Waals surface area contributed by atoms with Gasteiger partial charge in [0.2, 0.25) is 5.91 Å². The smallest absolute Gasteiger partial charge is 0.435 e. The Bertz CT molecular complexity index is 845. The Hall–Kier alpha value is -2.75. The number of methoxy groups -OCH3 is 2. The van der Waals surface area contributed by atoms with Crippen LogP contribution in [0.3, 0.4) is 0 Å². The maximum absolute atomic E-state index is 12.6. The Labute approximate surface area is 166 Å². The first-order valence-electron chi connectivity index (χ1n) is 9.12. The van der Waals surface area contributed by atoms with E-state index in [0.29, 0.717) is 32.7 Å². The van der Waals surface area contributed by atoms with Crippen LogP contribution in [0.4, 0.5) is 13.2 Å². The highest BCUT2D eigenvalue weighted by atomic mass is 19.4. The van der Waals surface area contributed by atoms with Crippen molar-refractivity contribution < 1.29 is 27.4 Å². The third-order valence-electron chi connectivity index (χ3n) is 4.83. The first kappa shape index (κ1) is 21.0. The molecule has 10 heteroatoms. The van der Waals surface area contributed by atoms with Crippen molar-refractivity contribution in [3.05, 3.63) is 41.7 Å². The third-order valence-corrected chi connectivity index (χ3v) is 4.83. The lowest BCUT2D eigenvalue weighted by atomic mass is 10.1. The second-order valence-corrected chi connectivity index (χ2v) is 6.73. The number of rotatable bonds is 6. The number of benzene rings is 1. The lowest BCUT2D eigenvalue weighted by Gasteiger charge is -2.35. The van der Waals surface area contributed by atoms with E-state index in [9.17, 15) is 18.0 Å². The van der Waals surface area contributed by atoms with Gasteiger partial charge in [-0.15, -0.1) is 0 Å². The van der Waals surface area contributed by atoms with E-state index in [1.165, 1.54) is 6.20 Å². The average Bonchev–Trinajstić information content (AvgIpc) is 3.17. The summed E-state index contributed by atoms with van der Waals surface area (Å²) in [5.41, 5.74) is -0.00907. The summed E-state index contributed by atoms with van der Waals surface area (Å²) in [5, 5.41) is 3.43. The zero-order chi connectivity index (χ0) is 21.0. The molecule has 2 heterocycles. The number of alkyl halides is 3. The van der Waals surface area contributed by atoms with Crippen LogP contribution < -0.4 is 9.47 Å². The molecule has 1 saturated heterocycles. The summed E-state index contributed by atoms with van der Waals surface area (Å²) in [6.45, 7) is 2.74. The lowest BCUT2D eigenvalue weighted by Crippen LogP contribution is -2.49. The van der Waals surface area contributed by atoms with Crippen LogP contribution in [0.15, 0.2) is 30.5 Å². The zero-order valence-electron chi connectivity index (χ0n) is 16.3. The molecule has 29 heavy (non-hydrogen) atoms. The summed E-state index contributed by atoms with van der Waals surface area (Å²) in [5.74, 6) is 1.26. The summed E-state index contributed by atoms with van der Waals surface area (Å²) in [6.07, 6.45) is -3.34.